The molecule has 0 spiro atoms. The number of aromatic nitrogens is 2. The Labute approximate surface area is 131 Å². The summed E-state index contributed by atoms with van der Waals surface area (Å²) in [5.74, 6) is 0.300. The predicted octanol–water partition coefficient (Wildman–Crippen LogP) is 1.83. The van der Waals surface area contributed by atoms with Crippen molar-refractivity contribution in [3.63, 3.8) is 0 Å². The first-order valence-electron chi connectivity index (χ1n) is 7.76. The maximum absolute atomic E-state index is 12.2. The molecule has 1 fully saturated rings. The summed E-state index contributed by atoms with van der Waals surface area (Å²) < 4.78 is 1.96. The van der Waals surface area contributed by atoms with Crippen molar-refractivity contribution >= 4 is 5.91 Å². The summed E-state index contributed by atoms with van der Waals surface area (Å²) >= 11 is 0. The smallest absolute Gasteiger partial charge is 0.224 e. The van der Waals surface area contributed by atoms with E-state index in [1.165, 1.54) is 0 Å². The van der Waals surface area contributed by atoms with Crippen molar-refractivity contribution in [1.29, 1.82) is 0 Å². The third-order valence-electron chi connectivity index (χ3n) is 4.20. The van der Waals surface area contributed by atoms with Gasteiger partial charge in [-0.05, 0) is 44.1 Å². The zero-order valence-corrected chi connectivity index (χ0v) is 12.9. The second kappa shape index (κ2) is 6.75. The maximum Gasteiger partial charge on any atom is 0.224 e. The fourth-order valence-electron chi connectivity index (χ4n) is 2.91. The molecule has 2 heterocycles. The summed E-state index contributed by atoms with van der Waals surface area (Å²) in [6.45, 7) is 2.55. The lowest BCUT2D eigenvalue weighted by atomic mass is 9.97. The van der Waals surface area contributed by atoms with E-state index >= 15 is 0 Å². The van der Waals surface area contributed by atoms with Crippen LogP contribution in [0.25, 0.3) is 5.69 Å². The minimum absolute atomic E-state index is 0.129. The SMILES string of the molecule is CN1CCC[C@@H](C(=O)NCc2ccc(-n3ccnc3)cc2)C1. The number of piperidine rings is 1. The van der Waals surface area contributed by atoms with Crippen LogP contribution in [0, 0.1) is 5.92 Å². The maximum atomic E-state index is 12.2. The van der Waals surface area contributed by atoms with E-state index in [-0.39, 0.29) is 11.8 Å². The molecular formula is C17H22N4O. The molecule has 2 aromatic rings. The van der Waals surface area contributed by atoms with E-state index in [0.717, 1.165) is 37.2 Å². The second-order valence-electron chi connectivity index (χ2n) is 5.96. The standard InChI is InChI=1S/C17H22N4O/c1-20-9-2-3-15(12-20)17(22)19-11-14-4-6-16(7-5-14)21-10-8-18-13-21/h4-8,10,13,15H,2-3,9,11-12H2,1H3,(H,19,22)/t15-/m1/s1. The highest BCUT2D eigenvalue weighted by Crippen LogP contribution is 2.15. The van der Waals surface area contributed by atoms with Crippen LogP contribution in [0.15, 0.2) is 43.0 Å². The third kappa shape index (κ3) is 3.54. The molecule has 1 amide bonds. The van der Waals surface area contributed by atoms with Gasteiger partial charge in [-0.25, -0.2) is 4.98 Å². The van der Waals surface area contributed by atoms with Crippen molar-refractivity contribution < 1.29 is 4.79 Å². The van der Waals surface area contributed by atoms with E-state index in [4.69, 9.17) is 0 Å². The number of likely N-dealkylation sites (tertiary alicyclic amines) is 1. The summed E-state index contributed by atoms with van der Waals surface area (Å²) in [6.07, 6.45) is 7.55. The number of carbonyl (C=O) groups excluding carboxylic acids is 1. The molecule has 22 heavy (non-hydrogen) atoms. The Morgan fingerprint density at radius 3 is 2.86 bits per heavy atom. The van der Waals surface area contributed by atoms with Gasteiger partial charge in [0.2, 0.25) is 5.91 Å². The van der Waals surface area contributed by atoms with Crippen molar-refractivity contribution in [2.24, 2.45) is 5.92 Å². The molecule has 1 aliphatic rings. The molecule has 3 rings (SSSR count). The van der Waals surface area contributed by atoms with E-state index in [1.807, 2.05) is 35.0 Å². The van der Waals surface area contributed by atoms with Crippen LogP contribution < -0.4 is 5.32 Å². The number of amides is 1. The summed E-state index contributed by atoms with van der Waals surface area (Å²) in [6, 6.07) is 8.17. The lowest BCUT2D eigenvalue weighted by molar-refractivity contribution is -0.126. The molecule has 0 saturated carbocycles. The van der Waals surface area contributed by atoms with Gasteiger partial charge in [-0.1, -0.05) is 12.1 Å². The lowest BCUT2D eigenvalue weighted by Crippen LogP contribution is -2.41. The largest absolute Gasteiger partial charge is 0.352 e. The molecule has 5 heteroatoms. The summed E-state index contributed by atoms with van der Waals surface area (Å²) in [4.78, 5) is 18.5. The van der Waals surface area contributed by atoms with Gasteiger partial charge in [0.15, 0.2) is 0 Å². The fourth-order valence-corrected chi connectivity index (χ4v) is 2.91. The molecule has 0 radical (unpaired) electrons. The molecule has 1 aromatic carbocycles. The molecule has 1 aliphatic heterocycles. The van der Waals surface area contributed by atoms with E-state index in [0.29, 0.717) is 6.54 Å². The number of nitrogens with zero attached hydrogens (tertiary/aromatic N) is 3. The van der Waals surface area contributed by atoms with Gasteiger partial charge in [-0.3, -0.25) is 4.79 Å². The molecule has 5 nitrogen and oxygen atoms in total. The second-order valence-corrected chi connectivity index (χ2v) is 5.96. The Morgan fingerprint density at radius 1 is 1.36 bits per heavy atom. The number of carbonyl (C=O) groups is 1. The van der Waals surface area contributed by atoms with Crippen molar-refractivity contribution in [1.82, 2.24) is 19.8 Å². The van der Waals surface area contributed by atoms with Crippen LogP contribution in [0.3, 0.4) is 0 Å². The molecule has 116 valence electrons. The summed E-state index contributed by atoms with van der Waals surface area (Å²) in [7, 11) is 2.08. The number of rotatable bonds is 4. The molecule has 1 saturated heterocycles. The van der Waals surface area contributed by atoms with Gasteiger partial charge in [0.1, 0.15) is 0 Å². The van der Waals surface area contributed by atoms with Crippen molar-refractivity contribution in [3.8, 4) is 5.69 Å². The molecule has 1 atom stereocenters. The highest BCUT2D eigenvalue weighted by atomic mass is 16.1. The van der Waals surface area contributed by atoms with E-state index in [1.54, 1.807) is 12.5 Å². The quantitative estimate of drug-likeness (QED) is 0.937. The molecule has 1 aromatic heterocycles. The van der Waals surface area contributed by atoms with Crippen LogP contribution in [0.4, 0.5) is 0 Å². The van der Waals surface area contributed by atoms with Crippen LogP contribution in [0.1, 0.15) is 18.4 Å². The number of imidazole rings is 1. The predicted molar refractivity (Wildman–Crippen MR) is 85.6 cm³/mol. The van der Waals surface area contributed by atoms with Gasteiger partial charge in [-0.2, -0.15) is 0 Å². The van der Waals surface area contributed by atoms with Crippen molar-refractivity contribution in [2.75, 3.05) is 20.1 Å². The van der Waals surface area contributed by atoms with Crippen LogP contribution >= 0.6 is 0 Å². The number of benzene rings is 1. The van der Waals surface area contributed by atoms with E-state index in [9.17, 15) is 4.79 Å². The first-order chi connectivity index (χ1) is 10.7. The van der Waals surface area contributed by atoms with Crippen LogP contribution in [0.5, 0.6) is 0 Å². The van der Waals surface area contributed by atoms with Crippen LogP contribution in [-0.2, 0) is 11.3 Å². The Bertz CT molecular complexity index is 606. The van der Waals surface area contributed by atoms with Gasteiger partial charge in [-0.15, -0.1) is 0 Å². The minimum Gasteiger partial charge on any atom is -0.352 e. The van der Waals surface area contributed by atoms with Gasteiger partial charge in [0, 0.05) is 31.2 Å². The minimum atomic E-state index is 0.129. The average Bonchev–Trinajstić information content (AvgIpc) is 3.07. The number of nitrogens with one attached hydrogen (secondary N) is 1. The first kappa shape index (κ1) is 14.8. The Kier molecular flexibility index (Phi) is 4.53. The Hall–Kier alpha value is -2.14. The topological polar surface area (TPSA) is 50.2 Å². The number of hydrogen-bond donors (Lipinski definition) is 1. The molecule has 1 N–H and O–H groups in total. The molecule has 0 aliphatic carbocycles. The zero-order valence-electron chi connectivity index (χ0n) is 12.9. The molecule has 0 bridgehead atoms. The van der Waals surface area contributed by atoms with Gasteiger partial charge in [0.25, 0.3) is 0 Å². The fraction of sp³-hybridized carbons (Fsp3) is 0.412. The monoisotopic (exact) mass is 298 g/mol. The lowest BCUT2D eigenvalue weighted by Gasteiger charge is -2.28. The van der Waals surface area contributed by atoms with E-state index < -0.39 is 0 Å². The van der Waals surface area contributed by atoms with Crippen LogP contribution in [0.2, 0.25) is 0 Å². The third-order valence-corrected chi connectivity index (χ3v) is 4.20. The molecule has 0 unspecified atom stereocenters. The summed E-state index contributed by atoms with van der Waals surface area (Å²) in [5, 5.41) is 3.06. The number of hydrogen-bond acceptors (Lipinski definition) is 3. The van der Waals surface area contributed by atoms with Crippen molar-refractivity contribution in [3.05, 3.63) is 48.5 Å². The van der Waals surface area contributed by atoms with Gasteiger partial charge >= 0.3 is 0 Å². The zero-order chi connectivity index (χ0) is 15.4. The van der Waals surface area contributed by atoms with Crippen LogP contribution in [-0.4, -0.2) is 40.5 Å². The van der Waals surface area contributed by atoms with Gasteiger partial charge < -0.3 is 14.8 Å². The Balaban J connectivity index is 1.54. The normalized spacial score (nSPS) is 19.0. The summed E-state index contributed by atoms with van der Waals surface area (Å²) in [5.41, 5.74) is 2.18. The van der Waals surface area contributed by atoms with Crippen molar-refractivity contribution in [2.45, 2.75) is 19.4 Å². The molecular weight excluding hydrogens is 276 g/mol. The van der Waals surface area contributed by atoms with E-state index in [2.05, 4.69) is 22.2 Å². The average molecular weight is 298 g/mol. The highest BCUT2D eigenvalue weighted by molar-refractivity contribution is 5.78. The van der Waals surface area contributed by atoms with Gasteiger partial charge in [0.05, 0.1) is 12.2 Å². The highest BCUT2D eigenvalue weighted by Gasteiger charge is 2.23. The first-order valence-corrected chi connectivity index (χ1v) is 7.76. The Morgan fingerprint density at radius 2 is 2.18 bits per heavy atom.